The fourth-order valence-corrected chi connectivity index (χ4v) is 5.15. The molecule has 2 aliphatic rings. The lowest BCUT2D eigenvalue weighted by molar-refractivity contribution is 0.0121. The molecule has 1 saturated carbocycles. The minimum atomic E-state index is -3.20. The van der Waals surface area contributed by atoms with Crippen molar-refractivity contribution in [3.8, 4) is 0 Å². The molecule has 0 radical (unpaired) electrons. The first-order valence-corrected chi connectivity index (χ1v) is 11.7. The largest absolute Gasteiger partial charge is 0.377 e. The molecule has 1 saturated heterocycles. The summed E-state index contributed by atoms with van der Waals surface area (Å²) in [7, 11) is -3.20. The molecule has 2 fully saturated rings. The highest BCUT2D eigenvalue weighted by molar-refractivity contribution is 7.88. The van der Waals surface area contributed by atoms with Gasteiger partial charge in [-0.3, -0.25) is 0 Å². The quantitative estimate of drug-likeness (QED) is 0.763. The number of benzene rings is 1. The first-order valence-electron chi connectivity index (χ1n) is 9.84. The van der Waals surface area contributed by atoms with Crippen molar-refractivity contribution in [1.82, 2.24) is 10.0 Å². The Morgan fingerprint density at radius 2 is 1.85 bits per heavy atom. The summed E-state index contributed by atoms with van der Waals surface area (Å²) in [4.78, 5) is 0. The van der Waals surface area contributed by atoms with Gasteiger partial charge in [-0.1, -0.05) is 37.3 Å². The van der Waals surface area contributed by atoms with Gasteiger partial charge in [-0.25, -0.2) is 13.1 Å². The molecule has 0 amide bonds. The van der Waals surface area contributed by atoms with Gasteiger partial charge in [-0.2, -0.15) is 0 Å². The summed E-state index contributed by atoms with van der Waals surface area (Å²) >= 11 is 0. The molecule has 0 aromatic heterocycles. The summed E-state index contributed by atoms with van der Waals surface area (Å²) < 4.78 is 32.2. The van der Waals surface area contributed by atoms with Crippen LogP contribution in [-0.2, 0) is 14.8 Å². The van der Waals surface area contributed by atoms with E-state index in [4.69, 9.17) is 4.74 Å². The molecular weight excluding hydrogens is 348 g/mol. The Balaban J connectivity index is 1.47. The van der Waals surface area contributed by atoms with E-state index in [1.54, 1.807) is 0 Å². The van der Waals surface area contributed by atoms with Crippen molar-refractivity contribution in [1.29, 1.82) is 0 Å². The summed E-state index contributed by atoms with van der Waals surface area (Å²) in [5.41, 5.74) is 1.44. The zero-order valence-electron chi connectivity index (χ0n) is 15.9. The third kappa shape index (κ3) is 5.52. The van der Waals surface area contributed by atoms with Gasteiger partial charge in [-0.05, 0) is 50.0 Å². The van der Waals surface area contributed by atoms with E-state index >= 15 is 0 Å². The average Bonchev–Trinajstić information content (AvgIpc) is 3.01. The van der Waals surface area contributed by atoms with E-state index in [1.165, 1.54) is 11.8 Å². The lowest BCUT2D eigenvalue weighted by Crippen LogP contribution is -2.46. The summed E-state index contributed by atoms with van der Waals surface area (Å²) in [5, 5.41) is 3.54. The number of rotatable bonds is 7. The van der Waals surface area contributed by atoms with Gasteiger partial charge in [-0.15, -0.1) is 0 Å². The smallest absolute Gasteiger partial charge is 0.209 e. The van der Waals surface area contributed by atoms with Crippen LogP contribution in [0.4, 0.5) is 0 Å². The summed E-state index contributed by atoms with van der Waals surface area (Å²) in [6.45, 7) is 2.70. The number of nitrogens with one attached hydrogen (secondary N) is 2. The van der Waals surface area contributed by atoms with Crippen LogP contribution in [-0.4, -0.2) is 45.5 Å². The van der Waals surface area contributed by atoms with Crippen molar-refractivity contribution in [3.05, 3.63) is 35.9 Å². The molecule has 1 aromatic carbocycles. The maximum absolute atomic E-state index is 11.6. The molecule has 0 spiro atoms. The van der Waals surface area contributed by atoms with Crippen LogP contribution >= 0.6 is 0 Å². The second kappa shape index (κ2) is 8.83. The van der Waals surface area contributed by atoms with Crippen LogP contribution in [0.15, 0.2) is 30.3 Å². The van der Waals surface area contributed by atoms with E-state index in [-0.39, 0.29) is 18.2 Å². The molecule has 2 N–H and O–H groups in total. The van der Waals surface area contributed by atoms with Gasteiger partial charge >= 0.3 is 0 Å². The molecule has 3 rings (SSSR count). The van der Waals surface area contributed by atoms with Crippen LogP contribution in [0.5, 0.6) is 0 Å². The number of ether oxygens (including phenoxy) is 1. The first kappa shape index (κ1) is 19.8. The summed E-state index contributed by atoms with van der Waals surface area (Å²) in [6, 6.07) is 11.1. The molecule has 26 heavy (non-hydrogen) atoms. The number of sulfonamides is 1. The Bertz CT molecular complexity index is 657. The Morgan fingerprint density at radius 1 is 1.15 bits per heavy atom. The monoisotopic (exact) mass is 380 g/mol. The molecule has 146 valence electrons. The van der Waals surface area contributed by atoms with Crippen LogP contribution in [0.1, 0.15) is 56.9 Å². The van der Waals surface area contributed by atoms with Gasteiger partial charge in [0, 0.05) is 18.1 Å². The van der Waals surface area contributed by atoms with E-state index in [0.29, 0.717) is 18.6 Å². The van der Waals surface area contributed by atoms with Gasteiger partial charge in [0.15, 0.2) is 0 Å². The highest BCUT2D eigenvalue weighted by atomic mass is 32.2. The second-order valence-electron chi connectivity index (χ2n) is 7.83. The van der Waals surface area contributed by atoms with Gasteiger partial charge in [0.25, 0.3) is 0 Å². The second-order valence-corrected chi connectivity index (χ2v) is 9.61. The maximum atomic E-state index is 11.6. The maximum Gasteiger partial charge on any atom is 0.209 e. The lowest BCUT2D eigenvalue weighted by atomic mass is 9.83. The average molecular weight is 381 g/mol. The Kier molecular flexibility index (Phi) is 6.72. The van der Waals surface area contributed by atoms with Gasteiger partial charge in [0.1, 0.15) is 0 Å². The lowest BCUT2D eigenvalue weighted by Gasteiger charge is -2.30. The van der Waals surface area contributed by atoms with E-state index in [2.05, 4.69) is 47.3 Å². The zero-order valence-corrected chi connectivity index (χ0v) is 16.7. The third-order valence-corrected chi connectivity index (χ3v) is 6.52. The first-order chi connectivity index (χ1) is 12.4. The van der Waals surface area contributed by atoms with Crippen molar-refractivity contribution in [2.75, 3.05) is 12.9 Å². The Morgan fingerprint density at radius 3 is 2.46 bits per heavy atom. The van der Waals surface area contributed by atoms with E-state index in [0.717, 1.165) is 38.5 Å². The Labute approximate surface area is 158 Å². The molecular formula is C20H32N2O3S. The summed E-state index contributed by atoms with van der Waals surface area (Å²) in [5.74, 6) is 0.643. The highest BCUT2D eigenvalue weighted by Crippen LogP contribution is 2.34. The number of hydrogen-bond donors (Lipinski definition) is 2. The molecule has 1 aliphatic carbocycles. The number of hydrogen-bond acceptors (Lipinski definition) is 4. The standard InChI is InChI=1S/C20H32N2O3S/c1-3-17-13-19(22-26(2,23)24)20(21-17)14-25-18-11-9-16(10-12-18)15-7-5-4-6-8-15/h4-8,16-22H,3,9-14H2,1-2H3/t16-,17?,18+,19-,20?/m0/s1. The highest BCUT2D eigenvalue weighted by Gasteiger charge is 2.35. The molecule has 6 heteroatoms. The fraction of sp³-hybridized carbons (Fsp3) is 0.700. The zero-order chi connectivity index (χ0) is 18.6. The predicted octanol–water partition coefficient (Wildman–Crippen LogP) is 2.79. The molecule has 1 aromatic rings. The molecule has 2 unspecified atom stereocenters. The Hall–Kier alpha value is -0.950. The fourth-order valence-electron chi connectivity index (χ4n) is 4.34. The van der Waals surface area contributed by atoms with Crippen molar-refractivity contribution in [2.24, 2.45) is 0 Å². The van der Waals surface area contributed by atoms with Crippen LogP contribution in [0, 0.1) is 0 Å². The van der Waals surface area contributed by atoms with E-state index in [9.17, 15) is 8.42 Å². The molecule has 0 bridgehead atoms. The van der Waals surface area contributed by atoms with E-state index < -0.39 is 10.0 Å². The normalized spacial score (nSPS) is 32.6. The molecule has 3 atom stereocenters. The van der Waals surface area contributed by atoms with Gasteiger partial charge in [0.2, 0.25) is 10.0 Å². The van der Waals surface area contributed by atoms with Crippen LogP contribution in [0.3, 0.4) is 0 Å². The van der Waals surface area contributed by atoms with Gasteiger partial charge in [0.05, 0.1) is 19.0 Å². The molecule has 5 nitrogen and oxygen atoms in total. The van der Waals surface area contributed by atoms with Crippen LogP contribution < -0.4 is 10.0 Å². The molecule has 1 aliphatic heterocycles. The SMILES string of the molecule is CCC1C[C@H](NS(C)(=O)=O)C(CO[C@H]2CC[C@@H](c3ccccc3)CC2)N1. The van der Waals surface area contributed by atoms with Crippen molar-refractivity contribution in [3.63, 3.8) is 0 Å². The summed E-state index contributed by atoms with van der Waals surface area (Å²) in [6.07, 6.45) is 7.83. The molecule has 1 heterocycles. The van der Waals surface area contributed by atoms with Crippen molar-refractivity contribution < 1.29 is 13.2 Å². The van der Waals surface area contributed by atoms with Crippen LogP contribution in [0.2, 0.25) is 0 Å². The predicted molar refractivity (Wildman–Crippen MR) is 105 cm³/mol. The minimum absolute atomic E-state index is 0.0570. The van der Waals surface area contributed by atoms with Gasteiger partial charge < -0.3 is 10.1 Å². The van der Waals surface area contributed by atoms with Crippen molar-refractivity contribution >= 4 is 10.0 Å². The van der Waals surface area contributed by atoms with Crippen molar-refractivity contribution in [2.45, 2.75) is 75.6 Å². The van der Waals surface area contributed by atoms with Crippen LogP contribution in [0.25, 0.3) is 0 Å². The topological polar surface area (TPSA) is 67.4 Å². The van der Waals surface area contributed by atoms with E-state index in [1.807, 2.05) is 0 Å². The third-order valence-electron chi connectivity index (χ3n) is 5.79. The minimum Gasteiger partial charge on any atom is -0.377 e.